The minimum Gasteiger partial charge on any atom is -0.497 e. The molecule has 0 saturated heterocycles. The highest BCUT2D eigenvalue weighted by molar-refractivity contribution is 7.91. The van der Waals surface area contributed by atoms with E-state index in [-0.39, 0.29) is 24.6 Å². The van der Waals surface area contributed by atoms with Crippen LogP contribution in [0, 0.1) is 0 Å². The zero-order chi connectivity index (χ0) is 30.2. The van der Waals surface area contributed by atoms with Crippen LogP contribution in [0.15, 0.2) is 60.6 Å². The zero-order valence-corrected chi connectivity index (χ0v) is 25.0. The quantitative estimate of drug-likeness (QED) is 0.313. The van der Waals surface area contributed by atoms with E-state index in [9.17, 15) is 23.1 Å². The highest BCUT2D eigenvalue weighted by atomic mass is 32.2. The number of aliphatic hydroxyl groups excluding tert-OH is 1. The Morgan fingerprint density at radius 3 is 2.39 bits per heavy atom. The van der Waals surface area contributed by atoms with Crippen LogP contribution in [0.2, 0.25) is 0 Å². The number of carbonyl (C=O) groups is 2. The van der Waals surface area contributed by atoms with Crippen molar-refractivity contribution in [2.24, 2.45) is 0 Å². The summed E-state index contributed by atoms with van der Waals surface area (Å²) in [5.41, 5.74) is 0.781. The lowest BCUT2D eigenvalue weighted by molar-refractivity contribution is -0.123. The number of hydrogen-bond donors (Lipinski definition) is 3. The van der Waals surface area contributed by atoms with Crippen molar-refractivity contribution in [1.29, 1.82) is 0 Å². The lowest BCUT2D eigenvalue weighted by Gasteiger charge is -2.24. The Hall–Kier alpha value is -3.93. The van der Waals surface area contributed by atoms with Crippen LogP contribution in [0.5, 0.6) is 5.75 Å². The molecule has 41 heavy (non-hydrogen) atoms. The first kappa shape index (κ1) is 31.6. The van der Waals surface area contributed by atoms with Crippen LogP contribution in [0.3, 0.4) is 0 Å². The Balaban J connectivity index is 1.79. The Bertz CT molecular complexity index is 1340. The number of nitrogens with zero attached hydrogens (tertiary/aromatic N) is 2. The van der Waals surface area contributed by atoms with E-state index in [1.54, 1.807) is 69.3 Å². The van der Waals surface area contributed by atoms with Crippen molar-refractivity contribution in [1.82, 2.24) is 14.9 Å². The van der Waals surface area contributed by atoms with E-state index in [1.165, 1.54) is 7.11 Å². The number of unbranched alkanes of at least 4 members (excludes halogenated alkanes) is 2. The third kappa shape index (κ3) is 8.78. The normalized spacial score (nSPS) is 15.2. The number of amides is 2. The number of methoxy groups -OCH3 is 1. The average molecular weight is 589 g/mol. The largest absolute Gasteiger partial charge is 0.497 e. The zero-order valence-electron chi connectivity index (χ0n) is 24.2. The fourth-order valence-corrected chi connectivity index (χ4v) is 5.57. The lowest BCUT2D eigenvalue weighted by Crippen LogP contribution is -2.49. The molecule has 1 aliphatic rings. The number of nitrogens with one attached hydrogen (secondary N) is 2. The minimum atomic E-state index is -4.14. The molecule has 1 unspecified atom stereocenters. The summed E-state index contributed by atoms with van der Waals surface area (Å²) in [6.07, 6.45) is 3.27. The first-order valence-corrected chi connectivity index (χ1v) is 15.0. The Morgan fingerprint density at radius 1 is 1.05 bits per heavy atom. The summed E-state index contributed by atoms with van der Waals surface area (Å²) < 4.78 is 39.2. The van der Waals surface area contributed by atoms with E-state index in [0.717, 1.165) is 34.1 Å². The maximum atomic E-state index is 13.4. The molecule has 0 radical (unpaired) electrons. The van der Waals surface area contributed by atoms with Gasteiger partial charge in [0.05, 0.1) is 25.5 Å². The summed E-state index contributed by atoms with van der Waals surface area (Å²) in [6, 6.07) is 12.5. The highest BCUT2D eigenvalue weighted by Gasteiger charge is 2.38. The van der Waals surface area contributed by atoms with Crippen molar-refractivity contribution in [3.8, 4) is 5.75 Å². The van der Waals surface area contributed by atoms with E-state index in [0.29, 0.717) is 23.4 Å². The summed E-state index contributed by atoms with van der Waals surface area (Å²) >= 11 is 0. The van der Waals surface area contributed by atoms with Crippen LogP contribution in [0.1, 0.15) is 58.1 Å². The molecule has 1 heterocycles. The van der Waals surface area contributed by atoms with Crippen molar-refractivity contribution in [3.63, 3.8) is 0 Å². The SMILES string of the molecule is CCCCCNC(=O)C(Cc1cccc(N2C=C(O)N(Cc3ccc(OC)cc3)S2(=O)=O)c1)NC(=O)OC(C)(C)C. The monoisotopic (exact) mass is 588 g/mol. The molecule has 3 N–H and O–H groups in total. The maximum Gasteiger partial charge on any atom is 0.408 e. The predicted octanol–water partition coefficient (Wildman–Crippen LogP) is 4.36. The molecule has 12 heteroatoms. The number of hydrogen-bond acceptors (Lipinski definition) is 7. The maximum absolute atomic E-state index is 13.4. The predicted molar refractivity (Wildman–Crippen MR) is 156 cm³/mol. The molecule has 0 aliphatic carbocycles. The summed E-state index contributed by atoms with van der Waals surface area (Å²) in [6.45, 7) is 7.65. The van der Waals surface area contributed by atoms with Gasteiger partial charge >= 0.3 is 16.3 Å². The number of benzene rings is 2. The van der Waals surface area contributed by atoms with Gasteiger partial charge in [-0.25, -0.2) is 13.4 Å². The van der Waals surface area contributed by atoms with Gasteiger partial charge in [-0.3, -0.25) is 4.79 Å². The van der Waals surface area contributed by atoms with Gasteiger partial charge in [0.2, 0.25) is 11.8 Å². The van der Waals surface area contributed by atoms with Gasteiger partial charge in [0.15, 0.2) is 0 Å². The van der Waals surface area contributed by atoms with E-state index in [2.05, 4.69) is 17.6 Å². The fraction of sp³-hybridized carbons (Fsp3) is 0.448. The highest BCUT2D eigenvalue weighted by Crippen LogP contribution is 2.31. The van der Waals surface area contributed by atoms with Crippen LogP contribution in [0.4, 0.5) is 10.5 Å². The van der Waals surface area contributed by atoms with Crippen LogP contribution in [-0.4, -0.2) is 55.1 Å². The van der Waals surface area contributed by atoms with Gasteiger partial charge in [-0.15, -0.1) is 0 Å². The number of ether oxygens (including phenoxy) is 2. The van der Waals surface area contributed by atoms with Gasteiger partial charge in [-0.2, -0.15) is 8.42 Å². The van der Waals surface area contributed by atoms with Gasteiger partial charge in [-0.1, -0.05) is 44.0 Å². The molecule has 3 rings (SSSR count). The molecule has 2 aromatic rings. The number of aliphatic hydroxyl groups is 1. The van der Waals surface area contributed by atoms with Crippen molar-refractivity contribution in [2.75, 3.05) is 18.0 Å². The van der Waals surface area contributed by atoms with Gasteiger partial charge < -0.3 is 25.2 Å². The molecule has 0 fully saturated rings. The molecule has 0 bridgehead atoms. The number of alkyl carbamates (subject to hydrolysis) is 1. The first-order valence-electron chi connectivity index (χ1n) is 13.6. The van der Waals surface area contributed by atoms with E-state index < -0.39 is 33.8 Å². The van der Waals surface area contributed by atoms with Crippen molar-refractivity contribution in [3.05, 3.63) is 71.7 Å². The molecule has 0 saturated carbocycles. The topological polar surface area (TPSA) is 138 Å². The van der Waals surface area contributed by atoms with Gasteiger partial charge in [-0.05, 0) is 62.6 Å². The molecular weight excluding hydrogens is 548 g/mol. The molecule has 1 aliphatic heterocycles. The number of rotatable bonds is 12. The van der Waals surface area contributed by atoms with Gasteiger partial charge in [0.25, 0.3) is 0 Å². The second kappa shape index (κ2) is 13.6. The van der Waals surface area contributed by atoms with Crippen LogP contribution in [0.25, 0.3) is 0 Å². The molecule has 0 spiro atoms. The van der Waals surface area contributed by atoms with Gasteiger partial charge in [0, 0.05) is 13.0 Å². The second-order valence-corrected chi connectivity index (χ2v) is 12.4. The Labute approximate surface area is 242 Å². The molecule has 0 aromatic heterocycles. The average Bonchev–Trinajstić information content (AvgIpc) is 3.13. The second-order valence-electron chi connectivity index (χ2n) is 10.7. The lowest BCUT2D eigenvalue weighted by atomic mass is 10.0. The Morgan fingerprint density at radius 2 is 1.76 bits per heavy atom. The summed E-state index contributed by atoms with van der Waals surface area (Å²) in [5, 5.41) is 16.0. The van der Waals surface area contributed by atoms with E-state index >= 15 is 0 Å². The van der Waals surface area contributed by atoms with Crippen molar-refractivity contribution >= 4 is 27.9 Å². The minimum absolute atomic E-state index is 0.0784. The van der Waals surface area contributed by atoms with Crippen LogP contribution < -0.4 is 19.7 Å². The van der Waals surface area contributed by atoms with Crippen molar-refractivity contribution < 1.29 is 32.6 Å². The molecule has 1 atom stereocenters. The molecule has 11 nitrogen and oxygen atoms in total. The summed E-state index contributed by atoms with van der Waals surface area (Å²) in [5.74, 6) is -0.165. The molecule has 224 valence electrons. The van der Waals surface area contributed by atoms with Gasteiger partial charge in [0.1, 0.15) is 17.4 Å². The van der Waals surface area contributed by atoms with E-state index in [1.807, 2.05) is 0 Å². The number of anilines is 1. The smallest absolute Gasteiger partial charge is 0.408 e. The molecular formula is C29H40N4O7S. The fourth-order valence-electron chi connectivity index (χ4n) is 4.15. The summed E-state index contributed by atoms with van der Waals surface area (Å²) in [7, 11) is -2.60. The van der Waals surface area contributed by atoms with Crippen molar-refractivity contribution in [2.45, 2.75) is 71.6 Å². The third-order valence-corrected chi connectivity index (χ3v) is 7.88. The van der Waals surface area contributed by atoms with Crippen LogP contribution in [-0.2, 0) is 32.7 Å². The van der Waals surface area contributed by atoms with Crippen LogP contribution >= 0.6 is 0 Å². The standard InChI is InChI=1S/C29H40N4O7S/c1-6-7-8-16-30-27(35)25(31-28(36)40-29(2,3)4)18-22-10-9-11-23(17-22)32-20-26(34)33(41(32,37)38)19-21-12-14-24(39-5)15-13-21/h9-15,17,20,25,34H,6-8,16,18-19H2,1-5H3,(H,30,35)(H,31,36). The first-order chi connectivity index (χ1) is 19.3. The summed E-state index contributed by atoms with van der Waals surface area (Å²) in [4.78, 5) is 25.5. The molecule has 2 amide bonds. The van der Waals surface area contributed by atoms with E-state index in [4.69, 9.17) is 9.47 Å². The third-order valence-electron chi connectivity index (χ3n) is 6.19. The molecule has 2 aromatic carbocycles. The Kier molecular flexibility index (Phi) is 10.5. The number of carbonyl (C=O) groups excluding carboxylic acids is 2.